The fourth-order valence-electron chi connectivity index (χ4n) is 6.05. The van der Waals surface area contributed by atoms with Crippen molar-refractivity contribution in [3.05, 3.63) is 54.2 Å². The van der Waals surface area contributed by atoms with Crippen molar-refractivity contribution < 1.29 is 41.7 Å². The summed E-state index contributed by atoms with van der Waals surface area (Å²) >= 11 is 0. The van der Waals surface area contributed by atoms with Crippen LogP contribution in [0.5, 0.6) is 5.75 Å². The molecule has 2 atom stereocenters. The van der Waals surface area contributed by atoms with Crippen LogP contribution in [0.3, 0.4) is 0 Å². The normalized spacial score (nSPS) is 18.9. The Morgan fingerprint density at radius 2 is 1.92 bits per heavy atom. The van der Waals surface area contributed by atoms with Gasteiger partial charge in [-0.15, -0.1) is 0 Å². The second-order valence-corrected chi connectivity index (χ2v) is 11.8. The Morgan fingerprint density at radius 1 is 1.12 bits per heavy atom. The summed E-state index contributed by atoms with van der Waals surface area (Å²) in [5.41, 5.74) is 6.47. The minimum atomic E-state index is -3.04. The standard InChI is InChI=1S/C31H35F4N9O5/c1-47-24-11-20(32)19(10-21(24)33)22-9-18(23(12-37-22)43-4-2-3-31(36,14-43)26(45)27(34)35)13-44-16-40-25-28(38-15-39-29(25)44)41-17-49-30(46)42-5-7-48-8-6-42/h9-12,15-16,26-27,45H,2-8,13-14,17,36H2,1H3,(H,38,39,41)/t26-,31-/m1/s1. The van der Waals surface area contributed by atoms with E-state index in [1.807, 2.05) is 0 Å². The first-order chi connectivity index (χ1) is 23.6. The number of amides is 1. The molecule has 4 aromatic rings. The number of carbonyl (C=O) groups excluding carboxylic acids is 1. The summed E-state index contributed by atoms with van der Waals surface area (Å²) in [5.74, 6) is -1.53. The number of imidazole rings is 1. The number of halogens is 4. The Balaban J connectivity index is 1.31. The summed E-state index contributed by atoms with van der Waals surface area (Å²) in [4.78, 5) is 33.1. The lowest BCUT2D eigenvalue weighted by Crippen LogP contribution is -2.63. The van der Waals surface area contributed by atoms with E-state index in [1.165, 1.54) is 30.9 Å². The van der Waals surface area contributed by atoms with E-state index in [4.69, 9.17) is 19.9 Å². The highest BCUT2D eigenvalue weighted by Crippen LogP contribution is 2.35. The lowest BCUT2D eigenvalue weighted by Gasteiger charge is -2.44. The Labute approximate surface area is 277 Å². The largest absolute Gasteiger partial charge is 0.494 e. The van der Waals surface area contributed by atoms with Crippen LogP contribution in [-0.4, -0.2) is 112 Å². The third kappa shape index (κ3) is 7.16. The number of rotatable bonds is 10. The van der Waals surface area contributed by atoms with Gasteiger partial charge in [0.1, 0.15) is 18.2 Å². The van der Waals surface area contributed by atoms with Gasteiger partial charge in [0, 0.05) is 37.8 Å². The molecule has 1 aromatic carbocycles. The van der Waals surface area contributed by atoms with Crippen LogP contribution >= 0.6 is 0 Å². The van der Waals surface area contributed by atoms with Gasteiger partial charge in [0.25, 0.3) is 6.43 Å². The fraction of sp³-hybridized carbons (Fsp3) is 0.452. The van der Waals surface area contributed by atoms with E-state index in [-0.39, 0.29) is 43.2 Å². The second-order valence-electron chi connectivity index (χ2n) is 11.8. The van der Waals surface area contributed by atoms with Gasteiger partial charge in [0.15, 0.2) is 35.3 Å². The molecule has 0 unspecified atom stereocenters. The van der Waals surface area contributed by atoms with Gasteiger partial charge >= 0.3 is 6.09 Å². The molecule has 4 N–H and O–H groups in total. The first-order valence-corrected chi connectivity index (χ1v) is 15.5. The maximum Gasteiger partial charge on any atom is 0.411 e. The number of ether oxygens (including phenoxy) is 3. The number of methoxy groups -OCH3 is 1. The number of aliphatic hydroxyl groups is 1. The number of anilines is 2. The maximum atomic E-state index is 15.2. The van der Waals surface area contributed by atoms with Gasteiger partial charge in [-0.25, -0.2) is 37.3 Å². The lowest BCUT2D eigenvalue weighted by atomic mass is 9.84. The Morgan fingerprint density at radius 3 is 2.67 bits per heavy atom. The molecular formula is C31H35F4N9O5. The van der Waals surface area contributed by atoms with Crippen molar-refractivity contribution in [1.82, 2.24) is 29.4 Å². The first-order valence-electron chi connectivity index (χ1n) is 15.5. The number of nitrogens with one attached hydrogen (secondary N) is 1. The SMILES string of the molecule is COc1cc(F)c(-c2cc(Cn3cnc4c(NCOC(=O)N5CCOCC5)ncnc43)c(N3CCC[C@](N)([C@H](O)C(F)F)C3)cn2)cc1F. The molecule has 0 aliphatic carbocycles. The molecule has 3 aromatic heterocycles. The number of fused-ring (bicyclic) bond motifs is 1. The zero-order valence-corrected chi connectivity index (χ0v) is 26.5. The summed E-state index contributed by atoms with van der Waals surface area (Å²) in [6.45, 7) is 1.92. The van der Waals surface area contributed by atoms with E-state index in [9.17, 15) is 23.1 Å². The first kappa shape index (κ1) is 34.1. The Kier molecular flexibility index (Phi) is 9.98. The van der Waals surface area contributed by atoms with Crippen molar-refractivity contribution in [3.63, 3.8) is 0 Å². The molecule has 1 amide bonds. The molecule has 0 saturated carbocycles. The number of morpholine rings is 1. The minimum absolute atomic E-state index is 0.0789. The monoisotopic (exact) mass is 689 g/mol. The van der Waals surface area contributed by atoms with Crippen LogP contribution in [-0.2, 0) is 16.0 Å². The lowest BCUT2D eigenvalue weighted by molar-refractivity contribution is -0.0529. The number of carbonyl (C=O) groups is 1. The summed E-state index contributed by atoms with van der Waals surface area (Å²) in [5, 5.41) is 13.2. The molecule has 5 heterocycles. The van der Waals surface area contributed by atoms with Crippen LogP contribution in [0.25, 0.3) is 22.4 Å². The fourth-order valence-corrected chi connectivity index (χ4v) is 6.05. The molecule has 2 aliphatic rings. The predicted octanol–water partition coefficient (Wildman–Crippen LogP) is 2.99. The topological polar surface area (TPSA) is 166 Å². The van der Waals surface area contributed by atoms with Crippen LogP contribution in [0.15, 0.2) is 37.1 Å². The quantitative estimate of drug-likeness (QED) is 0.165. The predicted molar refractivity (Wildman–Crippen MR) is 168 cm³/mol. The van der Waals surface area contributed by atoms with Gasteiger partial charge in [-0.2, -0.15) is 0 Å². The third-order valence-electron chi connectivity index (χ3n) is 8.65. The Bertz CT molecular complexity index is 1810. The van der Waals surface area contributed by atoms with Crippen LogP contribution < -0.4 is 20.7 Å². The number of piperidine rings is 1. The average Bonchev–Trinajstić information content (AvgIpc) is 3.52. The molecule has 18 heteroatoms. The van der Waals surface area contributed by atoms with Gasteiger partial charge in [0.05, 0.1) is 56.3 Å². The van der Waals surface area contributed by atoms with Gasteiger partial charge < -0.3 is 44.7 Å². The number of alkyl halides is 2. The summed E-state index contributed by atoms with van der Waals surface area (Å²) in [7, 11) is 1.22. The zero-order chi connectivity index (χ0) is 34.7. The van der Waals surface area contributed by atoms with E-state index < -0.39 is 35.8 Å². The van der Waals surface area contributed by atoms with Crippen molar-refractivity contribution in [3.8, 4) is 17.0 Å². The number of aromatic nitrogens is 5. The molecule has 6 rings (SSSR count). The van der Waals surface area contributed by atoms with Gasteiger partial charge in [-0.05, 0) is 30.5 Å². The summed E-state index contributed by atoms with van der Waals surface area (Å²) < 4.78 is 74.1. The number of pyridine rings is 1. The third-order valence-corrected chi connectivity index (χ3v) is 8.65. The van der Waals surface area contributed by atoms with Crippen LogP contribution in [0.1, 0.15) is 18.4 Å². The molecule has 262 valence electrons. The summed E-state index contributed by atoms with van der Waals surface area (Å²) in [6, 6.07) is 3.47. The smallest absolute Gasteiger partial charge is 0.411 e. The second kappa shape index (κ2) is 14.4. The molecule has 2 fully saturated rings. The van der Waals surface area contributed by atoms with Crippen molar-refractivity contribution in [1.29, 1.82) is 0 Å². The highest BCUT2D eigenvalue weighted by atomic mass is 19.3. The van der Waals surface area contributed by atoms with E-state index in [1.54, 1.807) is 15.5 Å². The summed E-state index contributed by atoms with van der Waals surface area (Å²) in [6.07, 6.45) is -0.765. The minimum Gasteiger partial charge on any atom is -0.494 e. The zero-order valence-electron chi connectivity index (χ0n) is 26.5. The van der Waals surface area contributed by atoms with Gasteiger partial charge in [0.2, 0.25) is 0 Å². The number of nitrogens with zero attached hydrogens (tertiary/aromatic N) is 7. The van der Waals surface area contributed by atoms with E-state index in [2.05, 4.69) is 25.3 Å². The van der Waals surface area contributed by atoms with Crippen LogP contribution in [0.2, 0.25) is 0 Å². The molecular weight excluding hydrogens is 654 g/mol. The van der Waals surface area contributed by atoms with E-state index in [0.29, 0.717) is 67.5 Å². The maximum absolute atomic E-state index is 15.2. The molecule has 14 nitrogen and oxygen atoms in total. The van der Waals surface area contributed by atoms with Crippen LogP contribution in [0.4, 0.5) is 33.9 Å². The van der Waals surface area contributed by atoms with Crippen molar-refractivity contribution in [2.24, 2.45) is 5.73 Å². The Hall–Kier alpha value is -4.81. The van der Waals surface area contributed by atoms with Crippen molar-refractivity contribution >= 4 is 28.8 Å². The molecule has 0 bridgehead atoms. The number of aliphatic hydroxyl groups excluding tert-OH is 1. The van der Waals surface area contributed by atoms with Crippen molar-refractivity contribution in [2.45, 2.75) is 37.5 Å². The van der Waals surface area contributed by atoms with Gasteiger partial charge in [-0.3, -0.25) is 4.98 Å². The van der Waals surface area contributed by atoms with Crippen molar-refractivity contribution in [2.75, 3.05) is 63.5 Å². The molecule has 2 saturated heterocycles. The van der Waals surface area contributed by atoms with E-state index in [0.717, 1.165) is 12.1 Å². The molecule has 0 radical (unpaired) electrons. The highest BCUT2D eigenvalue weighted by Gasteiger charge is 2.43. The number of nitrogens with two attached hydrogens (primary N) is 1. The number of benzene rings is 1. The van der Waals surface area contributed by atoms with E-state index >= 15 is 4.39 Å². The van der Waals surface area contributed by atoms with Crippen LogP contribution in [0, 0.1) is 11.6 Å². The highest BCUT2D eigenvalue weighted by molar-refractivity contribution is 5.83. The average molecular weight is 690 g/mol. The molecule has 0 spiro atoms. The number of hydrogen-bond acceptors (Lipinski definition) is 12. The molecule has 2 aliphatic heterocycles. The number of hydrogen-bond donors (Lipinski definition) is 3. The van der Waals surface area contributed by atoms with Gasteiger partial charge in [-0.1, -0.05) is 0 Å². The molecule has 49 heavy (non-hydrogen) atoms.